The summed E-state index contributed by atoms with van der Waals surface area (Å²) in [6, 6.07) is -0.0112. The van der Waals surface area contributed by atoms with Crippen molar-refractivity contribution in [1.29, 1.82) is 0 Å². The third kappa shape index (κ3) is 3.73. The van der Waals surface area contributed by atoms with Gasteiger partial charge >= 0.3 is 0 Å². The molecule has 6 heteroatoms. The minimum atomic E-state index is -0.215. The summed E-state index contributed by atoms with van der Waals surface area (Å²) in [6.45, 7) is 13.1. The SMILES string of the molecule is CCOC(C(NN)c1c(Cl)cnn1C(C)C)C(C)(C)C. The van der Waals surface area contributed by atoms with Crippen LogP contribution in [0.1, 0.15) is 59.3 Å². The lowest BCUT2D eigenvalue weighted by Gasteiger charge is -2.37. The molecule has 0 radical (unpaired) electrons. The Hall–Kier alpha value is -0.620. The number of hydrazine groups is 1. The summed E-state index contributed by atoms with van der Waals surface area (Å²) >= 11 is 6.32. The van der Waals surface area contributed by atoms with Crippen LogP contribution < -0.4 is 11.3 Å². The van der Waals surface area contributed by atoms with Gasteiger partial charge in [0.05, 0.1) is 29.1 Å². The molecule has 2 unspecified atom stereocenters. The van der Waals surface area contributed by atoms with Crippen LogP contribution in [0.4, 0.5) is 0 Å². The van der Waals surface area contributed by atoms with Gasteiger partial charge in [-0.25, -0.2) is 5.43 Å². The molecule has 0 spiro atoms. The molecule has 0 fully saturated rings. The van der Waals surface area contributed by atoms with Crippen LogP contribution in [-0.2, 0) is 4.74 Å². The molecule has 0 aliphatic rings. The second kappa shape index (κ2) is 6.89. The summed E-state index contributed by atoms with van der Waals surface area (Å²) in [7, 11) is 0. The van der Waals surface area contributed by atoms with Crippen molar-refractivity contribution in [3.63, 3.8) is 0 Å². The Balaban J connectivity index is 3.26. The molecule has 0 amide bonds. The molecular formula is C14H27ClN4O. The molecule has 0 aromatic carbocycles. The highest BCUT2D eigenvalue weighted by atomic mass is 35.5. The maximum absolute atomic E-state index is 6.32. The lowest BCUT2D eigenvalue weighted by molar-refractivity contribution is -0.0386. The van der Waals surface area contributed by atoms with Crippen LogP contribution in [0.25, 0.3) is 0 Å². The zero-order chi connectivity index (χ0) is 15.5. The van der Waals surface area contributed by atoms with E-state index >= 15 is 0 Å². The van der Waals surface area contributed by atoms with Gasteiger partial charge in [-0.3, -0.25) is 10.5 Å². The van der Waals surface area contributed by atoms with Gasteiger partial charge in [0.1, 0.15) is 0 Å². The fourth-order valence-electron chi connectivity index (χ4n) is 2.39. The molecule has 2 atom stereocenters. The Morgan fingerprint density at radius 3 is 2.45 bits per heavy atom. The van der Waals surface area contributed by atoms with Crippen LogP contribution in [-0.4, -0.2) is 22.5 Å². The first-order valence-corrected chi connectivity index (χ1v) is 7.42. The monoisotopic (exact) mass is 302 g/mol. The van der Waals surface area contributed by atoms with E-state index in [2.05, 4.69) is 45.1 Å². The first-order chi connectivity index (χ1) is 9.23. The molecule has 1 heterocycles. The predicted octanol–water partition coefficient (Wildman–Crippen LogP) is 3.07. The molecule has 1 aromatic rings. The van der Waals surface area contributed by atoms with Gasteiger partial charge in [-0.15, -0.1) is 0 Å². The lowest BCUT2D eigenvalue weighted by Crippen LogP contribution is -2.45. The third-order valence-electron chi connectivity index (χ3n) is 3.25. The normalized spacial score (nSPS) is 15.7. The van der Waals surface area contributed by atoms with Crippen LogP contribution in [0.5, 0.6) is 0 Å². The predicted molar refractivity (Wildman–Crippen MR) is 82.6 cm³/mol. The summed E-state index contributed by atoms with van der Waals surface area (Å²) in [5.74, 6) is 5.80. The fourth-order valence-corrected chi connectivity index (χ4v) is 2.64. The van der Waals surface area contributed by atoms with Gasteiger partial charge in [0.15, 0.2) is 0 Å². The topological polar surface area (TPSA) is 65.1 Å². The van der Waals surface area contributed by atoms with Crippen molar-refractivity contribution in [2.75, 3.05) is 6.61 Å². The van der Waals surface area contributed by atoms with Crippen LogP contribution >= 0.6 is 11.6 Å². The van der Waals surface area contributed by atoms with Crippen molar-refractivity contribution >= 4 is 11.6 Å². The first-order valence-electron chi connectivity index (χ1n) is 7.04. The van der Waals surface area contributed by atoms with Gasteiger partial charge < -0.3 is 4.74 Å². The molecule has 5 nitrogen and oxygen atoms in total. The Morgan fingerprint density at radius 2 is 2.05 bits per heavy atom. The van der Waals surface area contributed by atoms with Crippen molar-refractivity contribution in [2.45, 2.75) is 59.7 Å². The van der Waals surface area contributed by atoms with Gasteiger partial charge in [-0.2, -0.15) is 5.10 Å². The van der Waals surface area contributed by atoms with Gasteiger partial charge in [-0.1, -0.05) is 32.4 Å². The number of hydrogen-bond acceptors (Lipinski definition) is 4. The van der Waals surface area contributed by atoms with Crippen molar-refractivity contribution in [3.05, 3.63) is 16.9 Å². The summed E-state index contributed by atoms with van der Waals surface area (Å²) in [5.41, 5.74) is 3.65. The van der Waals surface area contributed by atoms with Gasteiger partial charge in [0.2, 0.25) is 0 Å². The summed E-state index contributed by atoms with van der Waals surface area (Å²) in [5, 5.41) is 4.95. The summed E-state index contributed by atoms with van der Waals surface area (Å²) in [4.78, 5) is 0. The molecule has 0 bridgehead atoms. The summed E-state index contributed by atoms with van der Waals surface area (Å²) in [6.07, 6.45) is 1.55. The van der Waals surface area contributed by atoms with Crippen LogP contribution in [0, 0.1) is 5.41 Å². The molecule has 0 aliphatic heterocycles. The number of aromatic nitrogens is 2. The average Bonchev–Trinajstić information content (AvgIpc) is 2.70. The maximum Gasteiger partial charge on any atom is 0.0910 e. The van der Waals surface area contributed by atoms with E-state index in [1.54, 1.807) is 6.20 Å². The highest BCUT2D eigenvalue weighted by molar-refractivity contribution is 6.31. The Labute approximate surface area is 126 Å². The number of nitrogens with two attached hydrogens (primary N) is 1. The van der Waals surface area contributed by atoms with Gasteiger partial charge in [0, 0.05) is 12.6 Å². The molecule has 3 N–H and O–H groups in total. The van der Waals surface area contributed by atoms with E-state index in [0.29, 0.717) is 11.6 Å². The van der Waals surface area contributed by atoms with Crippen molar-refractivity contribution < 1.29 is 4.74 Å². The molecule has 1 aromatic heterocycles. The van der Waals surface area contributed by atoms with E-state index in [1.807, 2.05) is 11.6 Å². The molecule has 0 aliphatic carbocycles. The summed E-state index contributed by atoms with van der Waals surface area (Å²) < 4.78 is 7.82. The molecule has 20 heavy (non-hydrogen) atoms. The molecule has 1 rings (SSSR count). The molecule has 116 valence electrons. The number of hydrogen-bond donors (Lipinski definition) is 2. The van der Waals surface area contributed by atoms with E-state index in [1.165, 1.54) is 0 Å². The van der Waals surface area contributed by atoms with E-state index in [4.69, 9.17) is 22.2 Å². The first kappa shape index (κ1) is 17.4. The second-order valence-corrected chi connectivity index (χ2v) is 6.71. The largest absolute Gasteiger partial charge is 0.376 e. The minimum absolute atomic E-state index is 0.0809. The van der Waals surface area contributed by atoms with Crippen LogP contribution in [0.2, 0.25) is 5.02 Å². The van der Waals surface area contributed by atoms with E-state index in [0.717, 1.165) is 5.69 Å². The van der Waals surface area contributed by atoms with Crippen molar-refractivity contribution in [2.24, 2.45) is 11.3 Å². The Kier molecular flexibility index (Phi) is 6.01. The quantitative estimate of drug-likeness (QED) is 0.626. The standard InChI is InChI=1S/C14H27ClN4O/c1-7-20-13(14(4,5)6)11(18-16)12-10(15)8-17-19(12)9(2)3/h8-9,11,13,18H,7,16H2,1-6H3. The maximum atomic E-state index is 6.32. The smallest absolute Gasteiger partial charge is 0.0910 e. The third-order valence-corrected chi connectivity index (χ3v) is 3.54. The highest BCUT2D eigenvalue weighted by Gasteiger charge is 2.36. The van der Waals surface area contributed by atoms with Crippen LogP contribution in [0.15, 0.2) is 6.20 Å². The lowest BCUT2D eigenvalue weighted by atomic mass is 9.83. The second-order valence-electron chi connectivity index (χ2n) is 6.30. The Morgan fingerprint density at radius 1 is 1.45 bits per heavy atom. The van der Waals surface area contributed by atoms with Crippen molar-refractivity contribution in [3.8, 4) is 0 Å². The molecular weight excluding hydrogens is 276 g/mol. The van der Waals surface area contributed by atoms with E-state index in [-0.39, 0.29) is 23.6 Å². The number of halogens is 1. The van der Waals surface area contributed by atoms with Crippen LogP contribution in [0.3, 0.4) is 0 Å². The number of nitrogens with zero attached hydrogens (tertiary/aromatic N) is 2. The average molecular weight is 303 g/mol. The highest BCUT2D eigenvalue weighted by Crippen LogP contribution is 2.36. The number of ether oxygens (including phenoxy) is 1. The van der Waals surface area contributed by atoms with E-state index in [9.17, 15) is 0 Å². The fraction of sp³-hybridized carbons (Fsp3) is 0.786. The van der Waals surface area contributed by atoms with Gasteiger partial charge in [0.25, 0.3) is 0 Å². The number of nitrogens with one attached hydrogen (secondary N) is 1. The van der Waals surface area contributed by atoms with Crippen molar-refractivity contribution in [1.82, 2.24) is 15.2 Å². The molecule has 0 saturated carbocycles. The molecule has 0 saturated heterocycles. The minimum Gasteiger partial charge on any atom is -0.376 e. The zero-order valence-corrected chi connectivity index (χ0v) is 14.0. The zero-order valence-electron chi connectivity index (χ0n) is 13.3. The van der Waals surface area contributed by atoms with E-state index < -0.39 is 0 Å². The van der Waals surface area contributed by atoms with Gasteiger partial charge in [-0.05, 0) is 26.2 Å². The Bertz CT molecular complexity index is 425. The number of rotatable bonds is 6.